The fraction of sp³-hybridized carbons (Fsp3) is 0.0455. The number of rotatable bonds is 5. The maximum atomic E-state index is 12.8. The van der Waals surface area contributed by atoms with Crippen molar-refractivity contribution in [1.29, 1.82) is 0 Å². The molecule has 138 valence electrons. The molecular weight excluding hydrogens is 434 g/mol. The molecule has 4 nitrogen and oxygen atoms in total. The molecule has 3 aromatic carbocycles. The second kappa shape index (κ2) is 8.54. The number of anilines is 1. The highest BCUT2D eigenvalue weighted by atomic mass is 79.9. The summed E-state index contributed by atoms with van der Waals surface area (Å²) in [4.78, 5) is 21.5. The van der Waals surface area contributed by atoms with E-state index >= 15 is 0 Å². The lowest BCUT2D eigenvalue weighted by Crippen LogP contribution is -2.15. The first-order valence-electron chi connectivity index (χ1n) is 8.68. The normalized spacial score (nSPS) is 10.8. The number of hydrogen-bond donors (Lipinski definition) is 1. The monoisotopic (exact) mass is 449 g/mol. The van der Waals surface area contributed by atoms with Crippen LogP contribution in [0.1, 0.15) is 16.1 Å². The lowest BCUT2D eigenvalue weighted by Gasteiger charge is -2.08. The molecule has 28 heavy (non-hydrogen) atoms. The second-order valence-corrected chi connectivity index (χ2v) is 7.94. The van der Waals surface area contributed by atoms with Crippen LogP contribution in [0.25, 0.3) is 10.8 Å². The van der Waals surface area contributed by atoms with Crippen LogP contribution in [-0.4, -0.2) is 15.9 Å². The van der Waals surface area contributed by atoms with Gasteiger partial charge in [-0.3, -0.25) is 4.79 Å². The highest BCUT2D eigenvalue weighted by molar-refractivity contribution is 9.10. The Morgan fingerprint density at radius 3 is 2.54 bits per heavy atom. The van der Waals surface area contributed by atoms with Gasteiger partial charge in [-0.25, -0.2) is 9.97 Å². The molecule has 0 unspecified atom stereocenters. The summed E-state index contributed by atoms with van der Waals surface area (Å²) >= 11 is 4.88. The molecule has 4 rings (SSSR count). The minimum absolute atomic E-state index is 0.272. The third-order valence-corrected chi connectivity index (χ3v) is 5.67. The predicted octanol–water partition coefficient (Wildman–Crippen LogP) is 5.94. The van der Waals surface area contributed by atoms with Gasteiger partial charge in [0.25, 0.3) is 5.91 Å². The van der Waals surface area contributed by atoms with Gasteiger partial charge in [0.05, 0.1) is 4.47 Å². The largest absolute Gasteiger partial charge is 0.321 e. The number of benzene rings is 3. The summed E-state index contributed by atoms with van der Waals surface area (Å²) in [7, 11) is 0. The van der Waals surface area contributed by atoms with Gasteiger partial charge in [0.15, 0.2) is 5.16 Å². The SMILES string of the molecule is O=C(Nc1ccc2ccccc2c1)c1nc(SCc2ccccc2)ncc1Br. The van der Waals surface area contributed by atoms with Crippen molar-refractivity contribution in [3.8, 4) is 0 Å². The number of fused-ring (bicyclic) bond motifs is 1. The highest BCUT2D eigenvalue weighted by Gasteiger charge is 2.15. The van der Waals surface area contributed by atoms with Gasteiger partial charge in [-0.15, -0.1) is 0 Å². The molecule has 0 saturated heterocycles. The third-order valence-electron chi connectivity index (χ3n) is 4.16. The van der Waals surface area contributed by atoms with Crippen molar-refractivity contribution in [2.45, 2.75) is 10.9 Å². The number of hydrogen-bond acceptors (Lipinski definition) is 4. The Kier molecular flexibility index (Phi) is 5.69. The zero-order chi connectivity index (χ0) is 19.3. The Bertz CT molecular complexity index is 1130. The lowest BCUT2D eigenvalue weighted by molar-refractivity contribution is 0.102. The number of halogens is 1. The molecule has 0 saturated carbocycles. The van der Waals surface area contributed by atoms with Crippen LogP contribution in [0.5, 0.6) is 0 Å². The van der Waals surface area contributed by atoms with Crippen LogP contribution in [0.2, 0.25) is 0 Å². The first-order valence-corrected chi connectivity index (χ1v) is 10.5. The zero-order valence-corrected chi connectivity index (χ0v) is 17.2. The number of aromatic nitrogens is 2. The maximum Gasteiger partial charge on any atom is 0.275 e. The van der Waals surface area contributed by atoms with Gasteiger partial charge in [0.1, 0.15) is 5.69 Å². The molecule has 0 aliphatic carbocycles. The van der Waals surface area contributed by atoms with Crippen LogP contribution in [0.4, 0.5) is 5.69 Å². The van der Waals surface area contributed by atoms with Gasteiger partial charge in [-0.05, 0) is 44.4 Å². The molecule has 6 heteroatoms. The van der Waals surface area contributed by atoms with Crippen molar-refractivity contribution in [3.63, 3.8) is 0 Å². The standard InChI is InChI=1S/C22H16BrN3OS/c23-19-13-24-22(28-14-15-6-2-1-3-7-15)26-20(19)21(27)25-18-11-10-16-8-4-5-9-17(16)12-18/h1-13H,14H2,(H,25,27). The molecule has 0 bridgehead atoms. The number of amides is 1. The van der Waals surface area contributed by atoms with Gasteiger partial charge in [0, 0.05) is 17.6 Å². The van der Waals surface area contributed by atoms with Crippen LogP contribution in [0.15, 0.2) is 88.6 Å². The zero-order valence-electron chi connectivity index (χ0n) is 14.8. The molecule has 1 aromatic heterocycles. The summed E-state index contributed by atoms with van der Waals surface area (Å²) in [6, 6.07) is 24.0. The van der Waals surface area contributed by atoms with Gasteiger partial charge in [-0.1, -0.05) is 72.4 Å². The first kappa shape index (κ1) is 18.7. The van der Waals surface area contributed by atoms with Crippen molar-refractivity contribution in [2.24, 2.45) is 0 Å². The molecule has 1 amide bonds. The Hall–Kier alpha value is -2.70. The third kappa shape index (κ3) is 4.40. The van der Waals surface area contributed by atoms with E-state index < -0.39 is 0 Å². The summed E-state index contributed by atoms with van der Waals surface area (Å²) in [6.45, 7) is 0. The smallest absolute Gasteiger partial charge is 0.275 e. The highest BCUT2D eigenvalue weighted by Crippen LogP contribution is 2.24. The minimum Gasteiger partial charge on any atom is -0.321 e. The Labute approximate surface area is 175 Å². The van der Waals surface area contributed by atoms with Crippen molar-refractivity contribution in [3.05, 3.63) is 94.7 Å². The van der Waals surface area contributed by atoms with Crippen molar-refractivity contribution < 1.29 is 4.79 Å². The fourth-order valence-corrected chi connectivity index (χ4v) is 3.90. The molecule has 0 atom stereocenters. The van der Waals surface area contributed by atoms with Crippen molar-refractivity contribution in [1.82, 2.24) is 9.97 Å². The van der Waals surface area contributed by atoms with Crippen LogP contribution in [-0.2, 0) is 5.75 Å². The first-order chi connectivity index (χ1) is 13.7. The van der Waals surface area contributed by atoms with E-state index in [2.05, 4.69) is 43.3 Å². The van der Waals surface area contributed by atoms with Crippen molar-refractivity contribution >= 4 is 50.1 Å². The molecular formula is C22H16BrN3OS. The van der Waals surface area contributed by atoms with Crippen LogP contribution in [0.3, 0.4) is 0 Å². The number of carbonyl (C=O) groups excluding carboxylic acids is 1. The average molecular weight is 450 g/mol. The molecule has 1 N–H and O–H groups in total. The second-order valence-electron chi connectivity index (χ2n) is 6.14. The summed E-state index contributed by atoms with van der Waals surface area (Å²) < 4.78 is 0.565. The van der Waals surface area contributed by atoms with E-state index in [0.717, 1.165) is 22.2 Å². The van der Waals surface area contributed by atoms with Crippen LogP contribution < -0.4 is 5.32 Å². The van der Waals surface area contributed by atoms with Crippen molar-refractivity contribution in [2.75, 3.05) is 5.32 Å². The summed E-state index contributed by atoms with van der Waals surface area (Å²) in [5, 5.41) is 5.69. The number of thioether (sulfide) groups is 1. The minimum atomic E-state index is -0.272. The summed E-state index contributed by atoms with van der Waals surface area (Å²) in [5.74, 6) is 0.472. The quantitative estimate of drug-likeness (QED) is 0.302. The van der Waals surface area contributed by atoms with Crippen LogP contribution >= 0.6 is 27.7 Å². The van der Waals surface area contributed by atoms with E-state index in [0.29, 0.717) is 15.3 Å². The number of nitrogens with zero attached hydrogens (tertiary/aromatic N) is 2. The van der Waals surface area contributed by atoms with E-state index in [1.54, 1.807) is 6.20 Å². The molecule has 0 spiro atoms. The van der Waals surface area contributed by atoms with E-state index in [1.165, 1.54) is 17.3 Å². The predicted molar refractivity (Wildman–Crippen MR) is 118 cm³/mol. The van der Waals surface area contributed by atoms with E-state index in [1.807, 2.05) is 60.7 Å². The van der Waals surface area contributed by atoms with Gasteiger partial charge < -0.3 is 5.32 Å². The van der Waals surface area contributed by atoms with Crippen LogP contribution in [0, 0.1) is 0 Å². The van der Waals surface area contributed by atoms with Gasteiger partial charge in [0.2, 0.25) is 0 Å². The average Bonchev–Trinajstić information content (AvgIpc) is 2.73. The molecule has 0 fully saturated rings. The number of carbonyl (C=O) groups is 1. The number of nitrogens with one attached hydrogen (secondary N) is 1. The van der Waals surface area contributed by atoms with Gasteiger partial charge in [-0.2, -0.15) is 0 Å². The molecule has 0 aliphatic rings. The Morgan fingerprint density at radius 1 is 0.964 bits per heavy atom. The Balaban J connectivity index is 1.51. The summed E-state index contributed by atoms with van der Waals surface area (Å²) in [5.41, 5.74) is 2.23. The van der Waals surface area contributed by atoms with E-state index in [9.17, 15) is 4.79 Å². The molecule has 0 aliphatic heterocycles. The summed E-state index contributed by atoms with van der Waals surface area (Å²) in [6.07, 6.45) is 1.62. The molecule has 4 aromatic rings. The van der Waals surface area contributed by atoms with E-state index in [-0.39, 0.29) is 5.91 Å². The fourth-order valence-electron chi connectivity index (χ4n) is 2.76. The lowest BCUT2D eigenvalue weighted by atomic mass is 10.1. The maximum absolute atomic E-state index is 12.8. The topological polar surface area (TPSA) is 54.9 Å². The van der Waals surface area contributed by atoms with Gasteiger partial charge >= 0.3 is 0 Å². The van der Waals surface area contributed by atoms with E-state index in [4.69, 9.17) is 0 Å². The Morgan fingerprint density at radius 2 is 1.71 bits per heavy atom. The molecule has 1 heterocycles. The molecule has 0 radical (unpaired) electrons.